The first-order valence-corrected chi connectivity index (χ1v) is 10.7. The van der Waals surface area contributed by atoms with Gasteiger partial charge in [-0.2, -0.15) is 0 Å². The zero-order valence-corrected chi connectivity index (χ0v) is 21.5. The molecule has 0 spiro atoms. The fourth-order valence-corrected chi connectivity index (χ4v) is 3.57. The van der Waals surface area contributed by atoms with Crippen LogP contribution in [0, 0.1) is 6.92 Å². The number of pyridine rings is 1. The van der Waals surface area contributed by atoms with E-state index in [9.17, 15) is 4.79 Å². The van der Waals surface area contributed by atoms with Crippen molar-refractivity contribution in [3.05, 3.63) is 35.8 Å². The molecule has 0 bridgehead atoms. The molecular weight excluding hydrogens is 507 g/mol. The van der Waals surface area contributed by atoms with Crippen LogP contribution < -0.4 is 10.6 Å². The molecule has 0 aliphatic carbocycles. The average molecular weight is 542 g/mol. The maximum absolute atomic E-state index is 12.0. The SMILES string of the molecule is CCNC(=NCCc1cn2cccc(C)c2n1)N1CCC(NC(=O)OC(C)(C)C)C1.I. The van der Waals surface area contributed by atoms with Crippen molar-refractivity contribution in [2.24, 2.45) is 4.99 Å². The third-order valence-electron chi connectivity index (χ3n) is 4.90. The van der Waals surface area contributed by atoms with Crippen LogP contribution in [0.1, 0.15) is 45.4 Å². The largest absolute Gasteiger partial charge is 0.444 e. The third-order valence-corrected chi connectivity index (χ3v) is 4.90. The van der Waals surface area contributed by atoms with Crippen molar-refractivity contribution < 1.29 is 9.53 Å². The Kier molecular flexibility index (Phi) is 8.96. The number of imidazole rings is 1. The summed E-state index contributed by atoms with van der Waals surface area (Å²) in [6.45, 7) is 12.8. The minimum Gasteiger partial charge on any atom is -0.444 e. The number of nitrogens with zero attached hydrogens (tertiary/aromatic N) is 4. The van der Waals surface area contributed by atoms with E-state index in [-0.39, 0.29) is 36.1 Å². The van der Waals surface area contributed by atoms with E-state index in [1.54, 1.807) is 0 Å². The summed E-state index contributed by atoms with van der Waals surface area (Å²) < 4.78 is 7.43. The molecule has 1 unspecified atom stereocenters. The second-order valence-electron chi connectivity index (χ2n) is 8.72. The first-order valence-electron chi connectivity index (χ1n) is 10.7. The summed E-state index contributed by atoms with van der Waals surface area (Å²) in [5, 5.41) is 6.33. The molecule has 0 saturated carbocycles. The Bertz CT molecular complexity index is 905. The molecular formula is C22H35IN6O2. The van der Waals surface area contributed by atoms with E-state index < -0.39 is 5.60 Å². The van der Waals surface area contributed by atoms with Crippen LogP contribution in [0.5, 0.6) is 0 Å². The lowest BCUT2D eigenvalue weighted by atomic mass is 10.2. The summed E-state index contributed by atoms with van der Waals surface area (Å²) in [6.07, 6.45) is 5.38. The van der Waals surface area contributed by atoms with Gasteiger partial charge in [0.15, 0.2) is 5.96 Å². The highest BCUT2D eigenvalue weighted by Crippen LogP contribution is 2.13. The van der Waals surface area contributed by atoms with Gasteiger partial charge in [-0.1, -0.05) is 6.07 Å². The van der Waals surface area contributed by atoms with Gasteiger partial charge in [0, 0.05) is 45.0 Å². The average Bonchev–Trinajstić information content (AvgIpc) is 3.27. The van der Waals surface area contributed by atoms with Gasteiger partial charge >= 0.3 is 6.09 Å². The summed E-state index contributed by atoms with van der Waals surface area (Å²) in [4.78, 5) is 23.8. The Morgan fingerprint density at radius 2 is 2.16 bits per heavy atom. The van der Waals surface area contributed by atoms with Gasteiger partial charge in [-0.25, -0.2) is 9.78 Å². The second-order valence-corrected chi connectivity index (χ2v) is 8.72. The summed E-state index contributed by atoms with van der Waals surface area (Å²) in [6, 6.07) is 4.16. The van der Waals surface area contributed by atoms with Crippen LogP contribution in [-0.4, -0.2) is 64.2 Å². The lowest BCUT2D eigenvalue weighted by molar-refractivity contribution is 0.0507. The quantitative estimate of drug-likeness (QED) is 0.344. The zero-order chi connectivity index (χ0) is 21.7. The van der Waals surface area contributed by atoms with E-state index in [4.69, 9.17) is 14.7 Å². The molecule has 0 aromatic carbocycles. The number of carbonyl (C=O) groups is 1. The Labute approximate surface area is 201 Å². The Balaban J connectivity index is 0.00000341. The first-order chi connectivity index (χ1) is 14.2. The molecule has 172 valence electrons. The number of aliphatic imine (C=N–C) groups is 1. The first kappa shape index (κ1) is 25.2. The number of aromatic nitrogens is 2. The molecule has 1 aliphatic rings. The predicted octanol–water partition coefficient (Wildman–Crippen LogP) is 3.37. The van der Waals surface area contributed by atoms with E-state index >= 15 is 0 Å². The van der Waals surface area contributed by atoms with E-state index in [0.717, 1.165) is 49.8 Å². The van der Waals surface area contributed by atoms with E-state index in [1.807, 2.05) is 33.0 Å². The van der Waals surface area contributed by atoms with Gasteiger partial charge in [-0.05, 0) is 52.7 Å². The molecule has 3 heterocycles. The fraction of sp³-hybridized carbons (Fsp3) is 0.591. The molecule has 8 nitrogen and oxygen atoms in total. The number of alkyl carbamates (subject to hydrolysis) is 1. The van der Waals surface area contributed by atoms with Crippen LogP contribution >= 0.6 is 24.0 Å². The number of fused-ring (bicyclic) bond motifs is 1. The van der Waals surface area contributed by atoms with Crippen LogP contribution in [0.4, 0.5) is 4.79 Å². The fourth-order valence-electron chi connectivity index (χ4n) is 3.57. The van der Waals surface area contributed by atoms with Crippen molar-refractivity contribution in [1.82, 2.24) is 24.9 Å². The summed E-state index contributed by atoms with van der Waals surface area (Å²) in [7, 11) is 0. The minimum absolute atomic E-state index is 0. The number of likely N-dealkylation sites (tertiary alicyclic amines) is 1. The van der Waals surface area contributed by atoms with Crippen molar-refractivity contribution in [2.75, 3.05) is 26.2 Å². The smallest absolute Gasteiger partial charge is 0.407 e. The zero-order valence-electron chi connectivity index (χ0n) is 19.1. The molecule has 0 radical (unpaired) electrons. The molecule has 1 amide bonds. The highest BCUT2D eigenvalue weighted by Gasteiger charge is 2.27. The molecule has 1 aliphatic heterocycles. The molecule has 31 heavy (non-hydrogen) atoms. The van der Waals surface area contributed by atoms with Gasteiger partial charge < -0.3 is 24.7 Å². The van der Waals surface area contributed by atoms with Gasteiger partial charge in [0.05, 0.1) is 11.7 Å². The van der Waals surface area contributed by atoms with Crippen molar-refractivity contribution in [2.45, 2.75) is 59.1 Å². The molecule has 2 N–H and O–H groups in total. The van der Waals surface area contributed by atoms with Crippen molar-refractivity contribution >= 4 is 41.7 Å². The van der Waals surface area contributed by atoms with E-state index in [2.05, 4.69) is 46.0 Å². The molecule has 3 rings (SSSR count). The number of ether oxygens (including phenoxy) is 1. The van der Waals surface area contributed by atoms with Crippen molar-refractivity contribution in [1.29, 1.82) is 0 Å². The van der Waals surface area contributed by atoms with Gasteiger partial charge in [-0.3, -0.25) is 4.99 Å². The molecule has 9 heteroatoms. The van der Waals surface area contributed by atoms with Crippen molar-refractivity contribution in [3.8, 4) is 0 Å². The van der Waals surface area contributed by atoms with Crippen LogP contribution in [0.15, 0.2) is 29.5 Å². The summed E-state index contributed by atoms with van der Waals surface area (Å²) >= 11 is 0. The Hall–Kier alpha value is -2.04. The molecule has 2 aromatic rings. The topological polar surface area (TPSA) is 83.3 Å². The maximum Gasteiger partial charge on any atom is 0.407 e. The molecule has 1 atom stereocenters. The van der Waals surface area contributed by atoms with Crippen LogP contribution in [0.2, 0.25) is 0 Å². The lowest BCUT2D eigenvalue weighted by Crippen LogP contribution is -2.44. The summed E-state index contributed by atoms with van der Waals surface area (Å²) in [5.41, 5.74) is 2.71. The van der Waals surface area contributed by atoms with Gasteiger partial charge in [-0.15, -0.1) is 24.0 Å². The standard InChI is InChI=1S/C22H34N6O2.HI/c1-6-23-20(28-13-10-18(15-28)26-21(29)30-22(3,4)5)24-11-9-17-14-27-12-7-8-16(2)19(27)25-17;/h7-8,12,14,18H,6,9-11,13,15H2,1-5H3,(H,23,24)(H,26,29);1H. The molecule has 1 fully saturated rings. The number of nitrogens with one attached hydrogen (secondary N) is 2. The molecule has 2 aromatic heterocycles. The number of hydrogen-bond donors (Lipinski definition) is 2. The number of amides is 1. The predicted molar refractivity (Wildman–Crippen MR) is 134 cm³/mol. The monoisotopic (exact) mass is 542 g/mol. The third kappa shape index (κ3) is 7.26. The van der Waals surface area contributed by atoms with Gasteiger partial charge in [0.2, 0.25) is 0 Å². The van der Waals surface area contributed by atoms with Crippen LogP contribution in [0.25, 0.3) is 5.65 Å². The van der Waals surface area contributed by atoms with E-state index in [0.29, 0.717) is 6.54 Å². The maximum atomic E-state index is 12.0. The minimum atomic E-state index is -0.491. The Morgan fingerprint density at radius 3 is 2.84 bits per heavy atom. The van der Waals surface area contributed by atoms with Gasteiger partial charge in [0.25, 0.3) is 0 Å². The van der Waals surface area contributed by atoms with Crippen molar-refractivity contribution in [3.63, 3.8) is 0 Å². The number of rotatable bonds is 5. The lowest BCUT2D eigenvalue weighted by Gasteiger charge is -2.23. The molecule has 1 saturated heterocycles. The number of carbonyl (C=O) groups excluding carboxylic acids is 1. The van der Waals surface area contributed by atoms with Gasteiger partial charge in [0.1, 0.15) is 11.2 Å². The van der Waals surface area contributed by atoms with Crippen LogP contribution in [-0.2, 0) is 11.2 Å². The number of hydrogen-bond acceptors (Lipinski definition) is 4. The highest BCUT2D eigenvalue weighted by atomic mass is 127. The second kappa shape index (κ2) is 11.0. The number of halogens is 1. The number of aryl methyl sites for hydroxylation is 1. The summed E-state index contributed by atoms with van der Waals surface area (Å²) in [5.74, 6) is 0.880. The van der Waals surface area contributed by atoms with Crippen LogP contribution in [0.3, 0.4) is 0 Å². The Morgan fingerprint density at radius 1 is 1.39 bits per heavy atom. The normalized spacial score (nSPS) is 16.9. The van der Waals surface area contributed by atoms with E-state index in [1.165, 1.54) is 5.56 Å². The highest BCUT2D eigenvalue weighted by molar-refractivity contribution is 14.0. The number of guanidine groups is 1.